The highest BCUT2D eigenvalue weighted by atomic mass is 16.5. The Morgan fingerprint density at radius 2 is 1.96 bits per heavy atom. The van der Waals surface area contributed by atoms with Gasteiger partial charge in [-0.3, -0.25) is 14.2 Å². The van der Waals surface area contributed by atoms with E-state index >= 15 is 0 Å². The molecule has 2 unspecified atom stereocenters. The number of nitrogens with zero attached hydrogens (tertiary/aromatic N) is 1. The third kappa shape index (κ3) is 3.13. The van der Waals surface area contributed by atoms with Crippen LogP contribution in [0.15, 0.2) is 21.7 Å². The smallest absolute Gasteiger partial charge is 0.328 e. The Kier molecular flexibility index (Phi) is 4.79. The molecule has 1 fully saturated rings. The molecule has 0 spiro atoms. The Morgan fingerprint density at radius 1 is 1.24 bits per heavy atom. The van der Waals surface area contributed by atoms with Crippen LogP contribution in [-0.4, -0.2) is 22.6 Å². The van der Waals surface area contributed by atoms with Gasteiger partial charge in [-0.05, 0) is 49.8 Å². The number of H-pyrrole nitrogens is 1. The zero-order valence-electron chi connectivity index (χ0n) is 14.9. The van der Waals surface area contributed by atoms with E-state index < -0.39 is 5.69 Å². The number of esters is 1. The van der Waals surface area contributed by atoms with Crippen molar-refractivity contribution in [3.8, 4) is 0 Å². The molecular formula is C19H24N2O4. The molecule has 1 N–H and O–H groups in total. The fraction of sp³-hybridized carbons (Fsp3) is 0.526. The number of benzene rings is 1. The molecule has 0 aliphatic heterocycles. The summed E-state index contributed by atoms with van der Waals surface area (Å²) in [6, 6.07) is 3.66. The molecule has 6 nitrogen and oxygen atoms in total. The molecule has 25 heavy (non-hydrogen) atoms. The topological polar surface area (TPSA) is 81.2 Å². The van der Waals surface area contributed by atoms with Gasteiger partial charge in [0.05, 0.1) is 23.9 Å². The van der Waals surface area contributed by atoms with Crippen LogP contribution >= 0.6 is 0 Å². The van der Waals surface area contributed by atoms with E-state index in [-0.39, 0.29) is 29.9 Å². The highest BCUT2D eigenvalue weighted by Crippen LogP contribution is 2.31. The quantitative estimate of drug-likeness (QED) is 0.866. The van der Waals surface area contributed by atoms with Crippen molar-refractivity contribution >= 4 is 16.9 Å². The largest absolute Gasteiger partial charge is 0.469 e. The van der Waals surface area contributed by atoms with Crippen LogP contribution in [-0.2, 0) is 16.1 Å². The lowest BCUT2D eigenvalue weighted by Crippen LogP contribution is -2.41. The molecule has 1 heterocycles. The zero-order chi connectivity index (χ0) is 18.1. The molecule has 6 heteroatoms. The normalized spacial score (nSPS) is 20.6. The average Bonchev–Trinajstić information content (AvgIpc) is 2.61. The summed E-state index contributed by atoms with van der Waals surface area (Å²) in [5.41, 5.74) is 1.74. The minimum atomic E-state index is -0.421. The van der Waals surface area contributed by atoms with Crippen LogP contribution in [0, 0.1) is 25.7 Å². The predicted octanol–water partition coefficient (Wildman–Crippen LogP) is 2.29. The Balaban J connectivity index is 2.06. The van der Waals surface area contributed by atoms with Crippen molar-refractivity contribution in [1.29, 1.82) is 0 Å². The highest BCUT2D eigenvalue weighted by Gasteiger charge is 2.32. The van der Waals surface area contributed by atoms with E-state index in [4.69, 9.17) is 4.74 Å². The summed E-state index contributed by atoms with van der Waals surface area (Å²) >= 11 is 0. The van der Waals surface area contributed by atoms with Crippen molar-refractivity contribution in [3.05, 3.63) is 44.1 Å². The number of rotatable bonds is 3. The summed E-state index contributed by atoms with van der Waals surface area (Å²) in [5.74, 6) is -0.552. The molecule has 0 amide bonds. The summed E-state index contributed by atoms with van der Waals surface area (Å²) < 4.78 is 6.16. The van der Waals surface area contributed by atoms with Gasteiger partial charge in [-0.25, -0.2) is 4.79 Å². The van der Waals surface area contributed by atoms with Gasteiger partial charge < -0.3 is 9.72 Å². The van der Waals surface area contributed by atoms with Gasteiger partial charge in [0, 0.05) is 6.54 Å². The van der Waals surface area contributed by atoms with Crippen LogP contribution in [0.2, 0.25) is 0 Å². The Labute approximate surface area is 145 Å². The minimum Gasteiger partial charge on any atom is -0.469 e. The molecule has 1 aliphatic carbocycles. The molecule has 3 rings (SSSR count). The van der Waals surface area contributed by atoms with E-state index in [1.54, 1.807) is 6.07 Å². The number of aromatic amines is 1. The maximum atomic E-state index is 13.0. The lowest BCUT2D eigenvalue weighted by Gasteiger charge is -2.29. The third-order valence-electron chi connectivity index (χ3n) is 5.51. The van der Waals surface area contributed by atoms with E-state index in [1.807, 2.05) is 19.9 Å². The number of aromatic nitrogens is 2. The molecule has 1 aromatic heterocycles. The van der Waals surface area contributed by atoms with Crippen LogP contribution < -0.4 is 11.2 Å². The SMILES string of the molecule is COC(=O)C1CCCCC1Cn1c(=O)[nH]c2ccc(C)c(C)c2c1=O. The zero-order valence-corrected chi connectivity index (χ0v) is 14.9. The van der Waals surface area contributed by atoms with Crippen LogP contribution in [0.3, 0.4) is 0 Å². The Morgan fingerprint density at radius 3 is 2.68 bits per heavy atom. The highest BCUT2D eigenvalue weighted by molar-refractivity contribution is 5.82. The van der Waals surface area contributed by atoms with Crippen molar-refractivity contribution in [3.63, 3.8) is 0 Å². The number of methoxy groups -OCH3 is 1. The second-order valence-corrected chi connectivity index (χ2v) is 6.95. The second-order valence-electron chi connectivity index (χ2n) is 6.95. The van der Waals surface area contributed by atoms with Crippen LogP contribution in [0.1, 0.15) is 36.8 Å². The molecule has 2 aromatic rings. The lowest BCUT2D eigenvalue weighted by molar-refractivity contribution is -0.148. The molecule has 1 aromatic carbocycles. The van der Waals surface area contributed by atoms with Gasteiger partial charge in [0.2, 0.25) is 0 Å². The average molecular weight is 344 g/mol. The van der Waals surface area contributed by atoms with Crippen molar-refractivity contribution < 1.29 is 9.53 Å². The molecule has 1 saturated carbocycles. The minimum absolute atomic E-state index is 0.0532. The summed E-state index contributed by atoms with van der Waals surface area (Å²) in [4.78, 5) is 40.3. The summed E-state index contributed by atoms with van der Waals surface area (Å²) in [7, 11) is 1.38. The van der Waals surface area contributed by atoms with Crippen molar-refractivity contribution in [1.82, 2.24) is 9.55 Å². The number of hydrogen-bond acceptors (Lipinski definition) is 4. The van der Waals surface area contributed by atoms with E-state index in [0.29, 0.717) is 10.9 Å². The molecule has 1 aliphatic rings. The number of aryl methyl sites for hydroxylation is 2. The number of ether oxygens (including phenoxy) is 1. The van der Waals surface area contributed by atoms with Crippen molar-refractivity contribution in [2.45, 2.75) is 46.1 Å². The number of nitrogens with one attached hydrogen (secondary N) is 1. The van der Waals surface area contributed by atoms with Crippen LogP contribution in [0.5, 0.6) is 0 Å². The van der Waals surface area contributed by atoms with Gasteiger partial charge in [0.25, 0.3) is 5.56 Å². The van der Waals surface area contributed by atoms with E-state index in [0.717, 1.165) is 36.8 Å². The lowest BCUT2D eigenvalue weighted by atomic mass is 9.79. The number of carbonyl (C=O) groups is 1. The Bertz CT molecular complexity index is 925. The standard InChI is InChI=1S/C19H24N2O4/c1-11-8-9-15-16(12(11)2)17(22)21(19(24)20-15)10-13-6-4-5-7-14(13)18(23)25-3/h8-9,13-14H,4-7,10H2,1-3H3,(H,20,24). The molecule has 2 atom stereocenters. The van der Waals surface area contributed by atoms with Crippen molar-refractivity contribution in [2.24, 2.45) is 11.8 Å². The van der Waals surface area contributed by atoms with Gasteiger partial charge in [0.15, 0.2) is 0 Å². The number of hydrogen-bond donors (Lipinski definition) is 1. The Hall–Kier alpha value is -2.37. The van der Waals surface area contributed by atoms with Gasteiger partial charge >= 0.3 is 11.7 Å². The summed E-state index contributed by atoms with van der Waals surface area (Å²) in [6.07, 6.45) is 3.53. The van der Waals surface area contributed by atoms with Crippen molar-refractivity contribution in [2.75, 3.05) is 7.11 Å². The molecule has 0 radical (unpaired) electrons. The first kappa shape index (κ1) is 17.5. The predicted molar refractivity (Wildman–Crippen MR) is 95.8 cm³/mol. The van der Waals surface area contributed by atoms with Crippen LogP contribution in [0.25, 0.3) is 10.9 Å². The number of carbonyl (C=O) groups excluding carboxylic acids is 1. The monoisotopic (exact) mass is 344 g/mol. The first-order valence-electron chi connectivity index (χ1n) is 8.75. The fourth-order valence-electron chi connectivity index (χ4n) is 3.89. The van der Waals surface area contributed by atoms with E-state index in [2.05, 4.69) is 4.98 Å². The number of fused-ring (bicyclic) bond motifs is 1. The first-order valence-corrected chi connectivity index (χ1v) is 8.75. The van der Waals surface area contributed by atoms with Gasteiger partial charge in [-0.1, -0.05) is 18.9 Å². The van der Waals surface area contributed by atoms with Gasteiger partial charge in [-0.15, -0.1) is 0 Å². The van der Waals surface area contributed by atoms with E-state index in [1.165, 1.54) is 11.7 Å². The molecule has 0 saturated heterocycles. The summed E-state index contributed by atoms with van der Waals surface area (Å²) in [5, 5.41) is 0.546. The fourth-order valence-corrected chi connectivity index (χ4v) is 3.89. The first-order chi connectivity index (χ1) is 11.9. The van der Waals surface area contributed by atoms with Gasteiger partial charge in [-0.2, -0.15) is 0 Å². The van der Waals surface area contributed by atoms with E-state index in [9.17, 15) is 14.4 Å². The second kappa shape index (κ2) is 6.86. The molecular weight excluding hydrogens is 320 g/mol. The summed E-state index contributed by atoms with van der Waals surface area (Å²) in [6.45, 7) is 4.08. The van der Waals surface area contributed by atoms with Crippen LogP contribution in [0.4, 0.5) is 0 Å². The molecule has 134 valence electrons. The van der Waals surface area contributed by atoms with Gasteiger partial charge in [0.1, 0.15) is 0 Å². The maximum absolute atomic E-state index is 13.0. The maximum Gasteiger partial charge on any atom is 0.328 e. The molecule has 0 bridgehead atoms. The third-order valence-corrected chi connectivity index (χ3v) is 5.51.